The minimum atomic E-state index is -0.236. The van der Waals surface area contributed by atoms with Crippen molar-refractivity contribution in [3.63, 3.8) is 0 Å². The maximum atomic E-state index is 16.4. The Morgan fingerprint density at radius 2 is 0.932 bits per heavy atom. The third-order valence-electron chi connectivity index (χ3n) is 15.0. The SMILES string of the molecule is Fc1ccccc1N(c1ccc2c(c1)-c1ccccc1C21C2CC3CC(C2)CC1C3)c1ccc2ccc3c(N(c4ccccc4)c4ccccc4)ccc4ccc1c2c43. The van der Waals surface area contributed by atoms with Gasteiger partial charge in [0.2, 0.25) is 0 Å². The van der Waals surface area contributed by atoms with Gasteiger partial charge in [-0.1, -0.05) is 115 Å². The first-order chi connectivity index (χ1) is 29.1. The van der Waals surface area contributed by atoms with Crippen molar-refractivity contribution < 1.29 is 4.39 Å². The van der Waals surface area contributed by atoms with Crippen LogP contribution in [0.4, 0.5) is 38.5 Å². The zero-order valence-electron chi connectivity index (χ0n) is 32.9. The van der Waals surface area contributed by atoms with E-state index in [9.17, 15) is 0 Å². The molecule has 0 unspecified atom stereocenters. The predicted molar refractivity (Wildman–Crippen MR) is 243 cm³/mol. The zero-order chi connectivity index (χ0) is 38.8. The van der Waals surface area contributed by atoms with Crippen LogP contribution in [0.25, 0.3) is 43.4 Å². The lowest BCUT2D eigenvalue weighted by Gasteiger charge is -2.61. The Hall–Kier alpha value is -6.45. The van der Waals surface area contributed by atoms with Crippen molar-refractivity contribution in [2.24, 2.45) is 23.7 Å². The minimum absolute atomic E-state index is 0.0821. The largest absolute Gasteiger partial charge is 0.310 e. The molecule has 9 aromatic rings. The highest BCUT2D eigenvalue weighted by molar-refractivity contribution is 6.28. The fraction of sp³-hybridized carbons (Fsp3) is 0.179. The van der Waals surface area contributed by atoms with Gasteiger partial charge in [-0.15, -0.1) is 0 Å². The molecule has 284 valence electrons. The number of benzene rings is 9. The lowest BCUT2D eigenvalue weighted by molar-refractivity contribution is -0.0399. The van der Waals surface area contributed by atoms with E-state index in [-0.39, 0.29) is 11.2 Å². The topological polar surface area (TPSA) is 6.48 Å². The summed E-state index contributed by atoms with van der Waals surface area (Å²) in [4.78, 5) is 4.55. The van der Waals surface area contributed by atoms with Crippen molar-refractivity contribution in [1.29, 1.82) is 0 Å². The third kappa shape index (κ3) is 4.67. The summed E-state index contributed by atoms with van der Waals surface area (Å²) in [6, 6.07) is 63.0. The van der Waals surface area contributed by atoms with Crippen molar-refractivity contribution >= 4 is 66.4 Å². The van der Waals surface area contributed by atoms with Crippen LogP contribution in [0.15, 0.2) is 176 Å². The van der Waals surface area contributed by atoms with Crippen LogP contribution in [0.3, 0.4) is 0 Å². The highest BCUT2D eigenvalue weighted by Gasteiger charge is 2.61. The Morgan fingerprint density at radius 1 is 0.407 bits per heavy atom. The van der Waals surface area contributed by atoms with Crippen molar-refractivity contribution in [3.8, 4) is 11.1 Å². The third-order valence-corrected chi connectivity index (χ3v) is 15.0. The van der Waals surface area contributed by atoms with Crippen LogP contribution in [0.5, 0.6) is 0 Å². The van der Waals surface area contributed by atoms with Gasteiger partial charge in [-0.05, 0) is 160 Å². The second-order valence-corrected chi connectivity index (χ2v) is 17.8. The molecule has 0 N–H and O–H groups in total. The standard InChI is InChI=1S/C56H43FN2/c57-50-17-9-10-18-53(50)59(43-23-26-49-47(34-43)44-15-7-8-16-48(44)56(49)39-30-35-29-36(32-39)33-40(56)31-35)52-28-22-38-19-24-45-51(27-21-37-20-25-46(52)55(38)54(37)45)58(41-11-3-1-4-12-41)42-13-5-2-6-14-42/h1-28,34-36,39-40H,29-33H2. The van der Waals surface area contributed by atoms with Gasteiger partial charge < -0.3 is 9.80 Å². The number of para-hydroxylation sites is 3. The van der Waals surface area contributed by atoms with Crippen molar-refractivity contribution in [3.05, 3.63) is 193 Å². The molecule has 5 aliphatic rings. The van der Waals surface area contributed by atoms with Gasteiger partial charge in [0.25, 0.3) is 0 Å². The maximum Gasteiger partial charge on any atom is 0.147 e. The van der Waals surface area contributed by atoms with E-state index in [1.54, 1.807) is 12.1 Å². The smallest absolute Gasteiger partial charge is 0.147 e. The number of anilines is 6. The molecule has 0 heterocycles. The van der Waals surface area contributed by atoms with Crippen molar-refractivity contribution in [2.75, 3.05) is 9.80 Å². The molecular formula is C56H43FN2. The number of hydrogen-bond donors (Lipinski definition) is 0. The summed E-state index contributed by atoms with van der Waals surface area (Å²) in [5.74, 6) is 2.93. The molecule has 5 aliphatic carbocycles. The molecule has 4 saturated carbocycles. The number of halogens is 1. The summed E-state index contributed by atoms with van der Waals surface area (Å²) in [5.41, 5.74) is 11.7. The van der Waals surface area contributed by atoms with Gasteiger partial charge in [-0.25, -0.2) is 4.39 Å². The van der Waals surface area contributed by atoms with E-state index >= 15 is 4.39 Å². The predicted octanol–water partition coefficient (Wildman–Crippen LogP) is 15.4. The van der Waals surface area contributed by atoms with E-state index in [0.29, 0.717) is 17.5 Å². The van der Waals surface area contributed by atoms with E-state index in [1.165, 1.54) is 81.3 Å². The molecule has 3 heteroatoms. The molecule has 0 saturated heterocycles. The van der Waals surface area contributed by atoms with Crippen molar-refractivity contribution in [1.82, 2.24) is 0 Å². The Bertz CT molecular complexity index is 3030. The fourth-order valence-electron chi connectivity index (χ4n) is 13.1. The second-order valence-electron chi connectivity index (χ2n) is 17.8. The molecule has 0 aliphatic heterocycles. The van der Waals surface area contributed by atoms with Crippen LogP contribution in [-0.4, -0.2) is 0 Å². The van der Waals surface area contributed by atoms with Crippen LogP contribution >= 0.6 is 0 Å². The average Bonchev–Trinajstić information content (AvgIpc) is 3.57. The quantitative estimate of drug-likeness (QED) is 0.156. The van der Waals surface area contributed by atoms with E-state index < -0.39 is 0 Å². The normalized spacial score (nSPS) is 22.4. The van der Waals surface area contributed by atoms with Crippen LogP contribution in [0.2, 0.25) is 0 Å². The van der Waals surface area contributed by atoms with Gasteiger partial charge in [0.1, 0.15) is 5.82 Å². The lowest BCUT2D eigenvalue weighted by Crippen LogP contribution is -2.55. The summed E-state index contributed by atoms with van der Waals surface area (Å²) in [5, 5.41) is 7.05. The number of fused-ring (bicyclic) bond motifs is 3. The van der Waals surface area contributed by atoms with Crippen LogP contribution in [0, 0.1) is 29.5 Å². The molecular weight excluding hydrogens is 720 g/mol. The molecule has 14 rings (SSSR count). The molecule has 4 bridgehead atoms. The van der Waals surface area contributed by atoms with E-state index in [1.807, 2.05) is 12.1 Å². The summed E-state index contributed by atoms with van der Waals surface area (Å²) in [7, 11) is 0. The summed E-state index contributed by atoms with van der Waals surface area (Å²) < 4.78 is 16.4. The first-order valence-corrected chi connectivity index (χ1v) is 21.5. The first kappa shape index (κ1) is 33.5. The fourth-order valence-corrected chi connectivity index (χ4v) is 13.1. The maximum absolute atomic E-state index is 16.4. The molecule has 9 aromatic carbocycles. The Balaban J connectivity index is 1.03. The number of hydrogen-bond acceptors (Lipinski definition) is 2. The summed E-state index contributed by atoms with van der Waals surface area (Å²) in [6.45, 7) is 0. The molecule has 0 atom stereocenters. The van der Waals surface area contributed by atoms with E-state index in [0.717, 1.165) is 45.7 Å². The number of nitrogens with zero attached hydrogens (tertiary/aromatic N) is 2. The van der Waals surface area contributed by atoms with Gasteiger partial charge in [0.15, 0.2) is 0 Å². The van der Waals surface area contributed by atoms with Gasteiger partial charge in [-0.2, -0.15) is 0 Å². The molecule has 4 fully saturated rings. The minimum Gasteiger partial charge on any atom is -0.310 e. The lowest BCUT2D eigenvalue weighted by atomic mass is 9.43. The van der Waals surface area contributed by atoms with Crippen molar-refractivity contribution in [2.45, 2.75) is 37.5 Å². The van der Waals surface area contributed by atoms with Gasteiger partial charge >= 0.3 is 0 Å². The Morgan fingerprint density at radius 3 is 1.56 bits per heavy atom. The van der Waals surface area contributed by atoms with E-state index in [4.69, 9.17) is 0 Å². The van der Waals surface area contributed by atoms with Crippen LogP contribution in [0.1, 0.15) is 43.2 Å². The van der Waals surface area contributed by atoms with Gasteiger partial charge in [-0.3, -0.25) is 0 Å². The van der Waals surface area contributed by atoms with Gasteiger partial charge in [0, 0.05) is 33.2 Å². The highest BCUT2D eigenvalue weighted by atomic mass is 19.1. The molecule has 0 radical (unpaired) electrons. The van der Waals surface area contributed by atoms with E-state index in [2.05, 4.69) is 161 Å². The number of rotatable bonds is 6. The average molecular weight is 763 g/mol. The Kier molecular flexibility index (Phi) is 7.12. The first-order valence-electron chi connectivity index (χ1n) is 21.5. The van der Waals surface area contributed by atoms with Crippen LogP contribution in [-0.2, 0) is 5.41 Å². The Labute approximate surface area is 344 Å². The molecule has 0 aromatic heterocycles. The van der Waals surface area contributed by atoms with Gasteiger partial charge in [0.05, 0.1) is 17.1 Å². The second kappa shape index (κ2) is 12.5. The molecule has 1 spiro atoms. The van der Waals surface area contributed by atoms with Crippen LogP contribution < -0.4 is 9.80 Å². The summed E-state index contributed by atoms with van der Waals surface area (Å²) >= 11 is 0. The highest BCUT2D eigenvalue weighted by Crippen LogP contribution is 2.69. The monoisotopic (exact) mass is 762 g/mol. The zero-order valence-corrected chi connectivity index (χ0v) is 32.9. The summed E-state index contributed by atoms with van der Waals surface area (Å²) in [6.07, 6.45) is 6.84. The molecule has 2 nitrogen and oxygen atoms in total. The molecule has 59 heavy (non-hydrogen) atoms. The molecule has 0 amide bonds.